The first-order valence-corrected chi connectivity index (χ1v) is 5.16. The number of anilines is 1. The number of rotatable bonds is 2. The van der Waals surface area contributed by atoms with Crippen molar-refractivity contribution in [3.8, 4) is 0 Å². The van der Waals surface area contributed by atoms with Gasteiger partial charge < -0.3 is 5.73 Å². The van der Waals surface area contributed by atoms with Crippen molar-refractivity contribution < 1.29 is 0 Å². The summed E-state index contributed by atoms with van der Waals surface area (Å²) in [5, 5.41) is 0.882. The van der Waals surface area contributed by atoms with Gasteiger partial charge in [-0.1, -0.05) is 0 Å². The maximum atomic E-state index is 5.66. The van der Waals surface area contributed by atoms with Gasteiger partial charge in [0.1, 0.15) is 0 Å². The Kier molecular flexibility index (Phi) is 2.01. The molecule has 0 unspecified atom stereocenters. The molecule has 2 heteroatoms. The van der Waals surface area contributed by atoms with E-state index >= 15 is 0 Å². The Labute approximate surface area is 77.3 Å². The zero-order chi connectivity index (χ0) is 8.55. The van der Waals surface area contributed by atoms with E-state index in [1.54, 1.807) is 0 Å². The minimum atomic E-state index is 0.868. The second-order valence-electron chi connectivity index (χ2n) is 3.34. The highest BCUT2D eigenvalue weighted by Crippen LogP contribution is 2.40. The van der Waals surface area contributed by atoms with Gasteiger partial charge in [0.05, 0.1) is 0 Å². The molecule has 1 aliphatic rings. The van der Waals surface area contributed by atoms with Crippen LogP contribution in [0.15, 0.2) is 23.1 Å². The first kappa shape index (κ1) is 7.99. The molecular formula is C10H13NS. The predicted octanol–water partition coefficient (Wildman–Crippen LogP) is 2.83. The van der Waals surface area contributed by atoms with Crippen molar-refractivity contribution in [1.29, 1.82) is 0 Å². The summed E-state index contributed by atoms with van der Waals surface area (Å²) in [6.07, 6.45) is 2.77. The van der Waals surface area contributed by atoms with Crippen molar-refractivity contribution in [1.82, 2.24) is 0 Å². The van der Waals surface area contributed by atoms with Crippen molar-refractivity contribution in [2.24, 2.45) is 0 Å². The highest BCUT2D eigenvalue weighted by molar-refractivity contribution is 8.00. The Balaban J connectivity index is 2.18. The van der Waals surface area contributed by atoms with Crippen LogP contribution in [0.5, 0.6) is 0 Å². The van der Waals surface area contributed by atoms with Gasteiger partial charge in [0.15, 0.2) is 0 Å². The Morgan fingerprint density at radius 2 is 2.17 bits per heavy atom. The fraction of sp³-hybridized carbons (Fsp3) is 0.400. The fourth-order valence-corrected chi connectivity index (χ4v) is 2.29. The predicted molar refractivity (Wildman–Crippen MR) is 54.5 cm³/mol. The van der Waals surface area contributed by atoms with Crippen LogP contribution >= 0.6 is 11.8 Å². The zero-order valence-electron chi connectivity index (χ0n) is 7.21. The molecule has 1 aromatic rings. The van der Waals surface area contributed by atoms with Gasteiger partial charge in [-0.2, -0.15) is 0 Å². The maximum Gasteiger partial charge on any atom is 0.0317 e. The first-order chi connectivity index (χ1) is 5.75. The number of benzene rings is 1. The van der Waals surface area contributed by atoms with Gasteiger partial charge >= 0.3 is 0 Å². The van der Waals surface area contributed by atoms with Crippen molar-refractivity contribution in [2.75, 3.05) is 5.73 Å². The third-order valence-electron chi connectivity index (χ3n) is 2.02. The topological polar surface area (TPSA) is 26.0 Å². The molecule has 2 N–H and O–H groups in total. The van der Waals surface area contributed by atoms with Crippen molar-refractivity contribution >= 4 is 17.4 Å². The summed E-state index contributed by atoms with van der Waals surface area (Å²) < 4.78 is 0. The average molecular weight is 179 g/mol. The summed E-state index contributed by atoms with van der Waals surface area (Å²) in [7, 11) is 0. The number of hydrogen-bond donors (Lipinski definition) is 1. The van der Waals surface area contributed by atoms with Crippen molar-refractivity contribution in [3.63, 3.8) is 0 Å². The number of nitrogen functional groups attached to an aromatic ring is 1. The minimum Gasteiger partial charge on any atom is -0.399 e. The van der Waals surface area contributed by atoms with Crippen LogP contribution in [0, 0.1) is 6.92 Å². The molecule has 1 aromatic carbocycles. The highest BCUT2D eigenvalue weighted by atomic mass is 32.2. The van der Waals surface area contributed by atoms with Crippen LogP contribution in [0.25, 0.3) is 0 Å². The molecule has 0 heterocycles. The van der Waals surface area contributed by atoms with E-state index in [2.05, 4.69) is 13.0 Å². The number of aryl methyl sites for hydroxylation is 1. The largest absolute Gasteiger partial charge is 0.399 e. The highest BCUT2D eigenvalue weighted by Gasteiger charge is 2.22. The molecule has 1 nitrogen and oxygen atoms in total. The Bertz CT molecular complexity index is 292. The van der Waals surface area contributed by atoms with Crippen LogP contribution in [0.3, 0.4) is 0 Å². The Morgan fingerprint density at radius 3 is 2.75 bits per heavy atom. The Hall–Kier alpha value is -0.630. The minimum absolute atomic E-state index is 0.868. The molecule has 1 aliphatic carbocycles. The molecule has 1 fully saturated rings. The molecule has 0 aliphatic heterocycles. The average Bonchev–Trinajstić information content (AvgIpc) is 2.79. The monoisotopic (exact) mass is 179 g/mol. The van der Waals surface area contributed by atoms with Crippen LogP contribution in [0.1, 0.15) is 18.4 Å². The lowest BCUT2D eigenvalue weighted by Gasteiger charge is -2.04. The molecule has 0 aromatic heterocycles. The van der Waals surface area contributed by atoms with Gasteiger partial charge in [-0.3, -0.25) is 0 Å². The van der Waals surface area contributed by atoms with E-state index in [1.807, 2.05) is 23.9 Å². The maximum absolute atomic E-state index is 5.66. The summed E-state index contributed by atoms with van der Waals surface area (Å²) in [4.78, 5) is 1.40. The summed E-state index contributed by atoms with van der Waals surface area (Å²) in [6, 6.07) is 6.16. The third-order valence-corrected chi connectivity index (χ3v) is 3.53. The molecule has 0 radical (unpaired) electrons. The molecule has 0 spiro atoms. The second-order valence-corrected chi connectivity index (χ2v) is 4.68. The van der Waals surface area contributed by atoms with E-state index in [0.717, 1.165) is 10.9 Å². The van der Waals surface area contributed by atoms with E-state index < -0.39 is 0 Å². The van der Waals surface area contributed by atoms with Crippen molar-refractivity contribution in [2.45, 2.75) is 29.9 Å². The third kappa shape index (κ3) is 1.75. The molecule has 0 saturated heterocycles. The quantitative estimate of drug-likeness (QED) is 0.706. The van der Waals surface area contributed by atoms with Gasteiger partial charge in [0, 0.05) is 15.8 Å². The second kappa shape index (κ2) is 3.02. The van der Waals surface area contributed by atoms with Gasteiger partial charge in [-0.25, -0.2) is 0 Å². The lowest BCUT2D eigenvalue weighted by Crippen LogP contribution is -1.87. The summed E-state index contributed by atoms with van der Waals surface area (Å²) in [5.41, 5.74) is 7.84. The first-order valence-electron chi connectivity index (χ1n) is 4.28. The summed E-state index contributed by atoms with van der Waals surface area (Å²) >= 11 is 1.99. The number of nitrogens with two attached hydrogens (primary N) is 1. The van der Waals surface area contributed by atoms with Crippen LogP contribution in [-0.4, -0.2) is 5.25 Å². The molecule has 0 atom stereocenters. The molecule has 64 valence electrons. The van der Waals surface area contributed by atoms with E-state index in [4.69, 9.17) is 5.73 Å². The lowest BCUT2D eigenvalue weighted by molar-refractivity contribution is 1.29. The standard InChI is InChI=1S/C10H13NS/c1-7-6-8(11)2-5-10(7)12-9-3-4-9/h2,5-6,9H,3-4,11H2,1H3. The number of thioether (sulfide) groups is 1. The van der Waals surface area contributed by atoms with Crippen molar-refractivity contribution in [3.05, 3.63) is 23.8 Å². The van der Waals surface area contributed by atoms with Crippen LogP contribution < -0.4 is 5.73 Å². The van der Waals surface area contributed by atoms with Crippen LogP contribution in [0.2, 0.25) is 0 Å². The molecule has 12 heavy (non-hydrogen) atoms. The normalized spacial score (nSPS) is 16.4. The lowest BCUT2D eigenvalue weighted by atomic mass is 10.2. The zero-order valence-corrected chi connectivity index (χ0v) is 8.03. The van der Waals surface area contributed by atoms with Gasteiger partial charge in [0.25, 0.3) is 0 Å². The van der Waals surface area contributed by atoms with Crippen LogP contribution in [0.4, 0.5) is 5.69 Å². The summed E-state index contributed by atoms with van der Waals surface area (Å²) in [6.45, 7) is 2.13. The fourth-order valence-electron chi connectivity index (χ4n) is 1.17. The smallest absolute Gasteiger partial charge is 0.0317 e. The number of hydrogen-bond acceptors (Lipinski definition) is 2. The molecule has 1 saturated carbocycles. The van der Waals surface area contributed by atoms with E-state index in [0.29, 0.717) is 0 Å². The van der Waals surface area contributed by atoms with E-state index in [9.17, 15) is 0 Å². The summed E-state index contributed by atoms with van der Waals surface area (Å²) in [5.74, 6) is 0. The van der Waals surface area contributed by atoms with Crippen LogP contribution in [-0.2, 0) is 0 Å². The van der Waals surface area contributed by atoms with Gasteiger partial charge in [-0.05, 0) is 43.5 Å². The Morgan fingerprint density at radius 1 is 1.42 bits per heavy atom. The van der Waals surface area contributed by atoms with Gasteiger partial charge in [-0.15, -0.1) is 11.8 Å². The van der Waals surface area contributed by atoms with E-state index in [-0.39, 0.29) is 0 Å². The molecule has 0 amide bonds. The molecule has 0 bridgehead atoms. The van der Waals surface area contributed by atoms with Gasteiger partial charge in [0.2, 0.25) is 0 Å². The SMILES string of the molecule is Cc1cc(N)ccc1SC1CC1. The van der Waals surface area contributed by atoms with E-state index in [1.165, 1.54) is 23.3 Å². The molecule has 2 rings (SSSR count). The molecular weight excluding hydrogens is 166 g/mol.